The predicted octanol–water partition coefficient (Wildman–Crippen LogP) is 4.71. The maximum absolute atomic E-state index is 13.2. The maximum atomic E-state index is 13.2. The van der Waals surface area contributed by atoms with Gasteiger partial charge in [-0.3, -0.25) is 9.59 Å². The molecule has 0 spiro atoms. The second-order valence-corrected chi connectivity index (χ2v) is 6.89. The number of nitrogens with one attached hydrogen (secondary N) is 1. The summed E-state index contributed by atoms with van der Waals surface area (Å²) in [4.78, 5) is 24.7. The van der Waals surface area contributed by atoms with E-state index in [1.165, 1.54) is 25.1 Å². The van der Waals surface area contributed by atoms with Crippen molar-refractivity contribution in [1.29, 1.82) is 0 Å². The number of benzene rings is 2. The zero-order valence-electron chi connectivity index (χ0n) is 14.7. The predicted molar refractivity (Wildman–Crippen MR) is 102 cm³/mol. The van der Waals surface area contributed by atoms with Gasteiger partial charge in [-0.2, -0.15) is 18.3 Å². The Labute approximate surface area is 170 Å². The fourth-order valence-electron chi connectivity index (χ4n) is 2.55. The first-order valence-electron chi connectivity index (χ1n) is 8.11. The van der Waals surface area contributed by atoms with Gasteiger partial charge in [-0.05, 0) is 59.3 Å². The second-order valence-electron chi connectivity index (χ2n) is 6.04. The molecule has 2 aromatic carbocycles. The van der Waals surface area contributed by atoms with Crippen molar-refractivity contribution < 1.29 is 22.4 Å². The van der Waals surface area contributed by atoms with Crippen LogP contribution in [0.3, 0.4) is 0 Å². The van der Waals surface area contributed by atoms with Gasteiger partial charge in [0.1, 0.15) is 5.82 Å². The van der Waals surface area contributed by atoms with Gasteiger partial charge in [0.05, 0.1) is 16.9 Å². The Balaban J connectivity index is 2.02. The number of amides is 1. The molecule has 1 heterocycles. The van der Waals surface area contributed by atoms with Crippen LogP contribution in [0, 0.1) is 12.7 Å². The fraction of sp³-hybridized carbons (Fsp3) is 0.105. The molecule has 0 aliphatic rings. The van der Waals surface area contributed by atoms with Crippen LogP contribution in [0.1, 0.15) is 21.7 Å². The highest BCUT2D eigenvalue weighted by Crippen LogP contribution is 2.30. The van der Waals surface area contributed by atoms with Gasteiger partial charge in [0.2, 0.25) is 5.43 Å². The normalized spacial score (nSPS) is 11.4. The molecule has 0 atom stereocenters. The number of anilines is 1. The van der Waals surface area contributed by atoms with Crippen LogP contribution in [0.2, 0.25) is 0 Å². The summed E-state index contributed by atoms with van der Waals surface area (Å²) >= 11 is 3.09. The molecule has 0 aliphatic heterocycles. The number of hydrogen-bond acceptors (Lipinski definition) is 3. The van der Waals surface area contributed by atoms with Gasteiger partial charge in [-0.15, -0.1) is 0 Å². The van der Waals surface area contributed by atoms with E-state index < -0.39 is 34.6 Å². The third-order valence-electron chi connectivity index (χ3n) is 3.92. The Morgan fingerprint density at radius 1 is 1.14 bits per heavy atom. The largest absolute Gasteiger partial charge is 0.416 e. The number of aromatic nitrogens is 2. The van der Waals surface area contributed by atoms with Crippen LogP contribution in [-0.2, 0) is 6.18 Å². The summed E-state index contributed by atoms with van der Waals surface area (Å²) in [6.07, 6.45) is -4.56. The highest BCUT2D eigenvalue weighted by molar-refractivity contribution is 9.10. The average molecular weight is 470 g/mol. The molecule has 29 heavy (non-hydrogen) atoms. The summed E-state index contributed by atoms with van der Waals surface area (Å²) in [7, 11) is 0. The Hall–Kier alpha value is -3.01. The van der Waals surface area contributed by atoms with Gasteiger partial charge >= 0.3 is 6.18 Å². The van der Waals surface area contributed by atoms with Crippen molar-refractivity contribution in [3.63, 3.8) is 0 Å². The van der Waals surface area contributed by atoms with Crippen LogP contribution < -0.4 is 10.7 Å². The number of halogens is 5. The number of rotatable bonds is 3. The summed E-state index contributed by atoms with van der Waals surface area (Å²) in [6, 6.07) is 8.97. The van der Waals surface area contributed by atoms with Crippen molar-refractivity contribution in [1.82, 2.24) is 9.78 Å². The molecule has 0 saturated carbocycles. The lowest BCUT2D eigenvalue weighted by molar-refractivity contribution is -0.137. The lowest BCUT2D eigenvalue weighted by Crippen LogP contribution is -2.27. The summed E-state index contributed by atoms with van der Waals surface area (Å²) in [5, 5.41) is 6.36. The van der Waals surface area contributed by atoms with E-state index in [4.69, 9.17) is 0 Å². The molecule has 3 rings (SSSR count). The van der Waals surface area contributed by atoms with Crippen molar-refractivity contribution in [3.05, 3.63) is 86.0 Å². The highest BCUT2D eigenvalue weighted by atomic mass is 79.9. The molecule has 0 unspecified atom stereocenters. The first kappa shape index (κ1) is 20.7. The van der Waals surface area contributed by atoms with Crippen LogP contribution in [0.5, 0.6) is 0 Å². The third-order valence-corrected chi connectivity index (χ3v) is 4.58. The molecule has 0 radical (unpaired) electrons. The molecule has 1 N–H and O–H groups in total. The molecule has 3 aromatic rings. The molecular weight excluding hydrogens is 458 g/mol. The smallest absolute Gasteiger partial charge is 0.319 e. The van der Waals surface area contributed by atoms with Gasteiger partial charge in [0.15, 0.2) is 5.69 Å². The molecule has 0 aliphatic carbocycles. The van der Waals surface area contributed by atoms with Gasteiger partial charge < -0.3 is 5.32 Å². The minimum atomic E-state index is -4.56. The van der Waals surface area contributed by atoms with E-state index in [0.29, 0.717) is 0 Å². The molecule has 0 fully saturated rings. The molecular formula is C19H12BrF4N3O2. The summed E-state index contributed by atoms with van der Waals surface area (Å²) < 4.78 is 53.5. The van der Waals surface area contributed by atoms with Gasteiger partial charge in [-0.25, -0.2) is 9.07 Å². The van der Waals surface area contributed by atoms with E-state index in [1.54, 1.807) is 0 Å². The highest BCUT2D eigenvalue weighted by Gasteiger charge is 2.30. The fourth-order valence-corrected chi connectivity index (χ4v) is 3.00. The van der Waals surface area contributed by atoms with E-state index >= 15 is 0 Å². The Kier molecular flexibility index (Phi) is 5.56. The Bertz CT molecular complexity index is 1160. The van der Waals surface area contributed by atoms with Gasteiger partial charge in [0.25, 0.3) is 5.91 Å². The van der Waals surface area contributed by atoms with E-state index in [0.717, 1.165) is 35.0 Å². The second kappa shape index (κ2) is 7.78. The number of nitrogens with zero attached hydrogens (tertiary/aromatic N) is 2. The zero-order valence-corrected chi connectivity index (χ0v) is 16.3. The Morgan fingerprint density at radius 3 is 2.52 bits per heavy atom. The Morgan fingerprint density at radius 2 is 1.86 bits per heavy atom. The molecule has 1 aromatic heterocycles. The van der Waals surface area contributed by atoms with E-state index in [9.17, 15) is 27.2 Å². The van der Waals surface area contributed by atoms with Crippen molar-refractivity contribution in [2.45, 2.75) is 13.1 Å². The van der Waals surface area contributed by atoms with Crippen LogP contribution >= 0.6 is 15.9 Å². The molecule has 150 valence electrons. The number of alkyl halides is 3. The molecule has 0 saturated heterocycles. The monoisotopic (exact) mass is 469 g/mol. The van der Waals surface area contributed by atoms with Crippen LogP contribution in [-0.4, -0.2) is 15.7 Å². The van der Waals surface area contributed by atoms with E-state index in [2.05, 4.69) is 26.3 Å². The van der Waals surface area contributed by atoms with Gasteiger partial charge in [-0.1, -0.05) is 6.07 Å². The van der Waals surface area contributed by atoms with Crippen LogP contribution in [0.4, 0.5) is 23.2 Å². The summed E-state index contributed by atoms with van der Waals surface area (Å²) in [5.41, 5.74) is -1.64. The molecule has 10 heteroatoms. The first-order valence-corrected chi connectivity index (χ1v) is 8.90. The molecule has 0 bridgehead atoms. The van der Waals surface area contributed by atoms with Gasteiger partial charge in [0, 0.05) is 16.2 Å². The van der Waals surface area contributed by atoms with Crippen molar-refractivity contribution in [2.75, 3.05) is 5.32 Å². The quantitative estimate of drug-likeness (QED) is 0.564. The maximum Gasteiger partial charge on any atom is 0.416 e. The number of hydrogen-bond donors (Lipinski definition) is 1. The molecule has 1 amide bonds. The average Bonchev–Trinajstić information content (AvgIpc) is 2.63. The third kappa shape index (κ3) is 4.53. The summed E-state index contributed by atoms with van der Waals surface area (Å²) in [5.74, 6) is -1.42. The standard InChI is InChI=1S/C19H12BrF4N3O2/c1-10-7-16(28)17(18(29)25-15-6-5-12(21)9-14(15)20)26-27(10)13-4-2-3-11(8-13)19(22,23)24/h2-9H,1H3,(H,25,29). The van der Waals surface area contributed by atoms with Crippen molar-refractivity contribution in [3.8, 4) is 5.69 Å². The number of carbonyl (C=O) groups excluding carboxylic acids is 1. The zero-order chi connectivity index (χ0) is 21.3. The minimum absolute atomic E-state index is 0.0364. The number of aryl methyl sites for hydroxylation is 1. The topological polar surface area (TPSA) is 64.0 Å². The van der Waals surface area contributed by atoms with E-state index in [1.807, 2.05) is 0 Å². The number of carbonyl (C=O) groups is 1. The lowest BCUT2D eigenvalue weighted by atomic mass is 10.2. The SMILES string of the molecule is Cc1cc(=O)c(C(=O)Nc2ccc(F)cc2Br)nn1-c1cccc(C(F)(F)F)c1. The minimum Gasteiger partial charge on any atom is -0.319 e. The lowest BCUT2D eigenvalue weighted by Gasteiger charge is -2.14. The van der Waals surface area contributed by atoms with Crippen LogP contribution in [0.15, 0.2) is 57.8 Å². The molecule has 5 nitrogen and oxygen atoms in total. The van der Waals surface area contributed by atoms with Crippen LogP contribution in [0.25, 0.3) is 5.69 Å². The summed E-state index contributed by atoms with van der Waals surface area (Å²) in [6.45, 7) is 1.48. The van der Waals surface area contributed by atoms with Crippen molar-refractivity contribution >= 4 is 27.5 Å². The first-order chi connectivity index (χ1) is 13.6. The van der Waals surface area contributed by atoms with E-state index in [-0.39, 0.29) is 21.5 Å². The van der Waals surface area contributed by atoms with Crippen molar-refractivity contribution in [2.24, 2.45) is 0 Å².